The van der Waals surface area contributed by atoms with Crippen LogP contribution in [-0.4, -0.2) is 25.1 Å². The molecule has 0 saturated carbocycles. The van der Waals surface area contributed by atoms with Crippen LogP contribution in [0.25, 0.3) is 22.8 Å². The summed E-state index contributed by atoms with van der Waals surface area (Å²) < 4.78 is 0. The van der Waals surface area contributed by atoms with Crippen LogP contribution in [0, 0.1) is 6.92 Å². The van der Waals surface area contributed by atoms with E-state index in [4.69, 9.17) is 0 Å². The Hall–Kier alpha value is -2.76. The highest BCUT2D eigenvalue weighted by atomic mass is 16.1. The van der Waals surface area contributed by atoms with Crippen LogP contribution in [0.2, 0.25) is 0 Å². The molecule has 0 aromatic carbocycles. The molecule has 0 radical (unpaired) electrons. The number of aryl methyl sites for hydroxylation is 1. The number of pyridine rings is 2. The van der Waals surface area contributed by atoms with Gasteiger partial charge in [0, 0.05) is 35.3 Å². The van der Waals surface area contributed by atoms with E-state index in [0.717, 1.165) is 11.3 Å². The predicted molar refractivity (Wildman–Crippen MR) is 70.4 cm³/mol. The highest BCUT2D eigenvalue weighted by molar-refractivity contribution is 5.60. The van der Waals surface area contributed by atoms with Crippen molar-refractivity contribution in [1.82, 2.24) is 25.1 Å². The zero-order valence-electron chi connectivity index (χ0n) is 10.2. The normalized spacial score (nSPS) is 10.6. The van der Waals surface area contributed by atoms with Crippen molar-refractivity contribution < 1.29 is 0 Å². The van der Waals surface area contributed by atoms with Crippen LogP contribution >= 0.6 is 0 Å². The minimum atomic E-state index is -0.171. The maximum absolute atomic E-state index is 11.3. The lowest BCUT2D eigenvalue weighted by Crippen LogP contribution is -2.02. The lowest BCUT2D eigenvalue weighted by molar-refractivity contribution is 1.09. The Morgan fingerprint density at radius 3 is 2.84 bits per heavy atom. The lowest BCUT2D eigenvalue weighted by atomic mass is 10.2. The summed E-state index contributed by atoms with van der Waals surface area (Å²) in [5, 5.41) is 6.99. The van der Waals surface area contributed by atoms with Gasteiger partial charge in [0.2, 0.25) is 5.56 Å². The van der Waals surface area contributed by atoms with Crippen LogP contribution in [0.15, 0.2) is 41.5 Å². The Morgan fingerprint density at radius 2 is 2.05 bits per heavy atom. The summed E-state index contributed by atoms with van der Waals surface area (Å²) in [6, 6.07) is 6.99. The fourth-order valence-corrected chi connectivity index (χ4v) is 1.80. The molecule has 19 heavy (non-hydrogen) atoms. The summed E-state index contributed by atoms with van der Waals surface area (Å²) in [5.74, 6) is 1.15. The summed E-state index contributed by atoms with van der Waals surface area (Å²) in [4.78, 5) is 22.3. The number of hydrogen-bond donors (Lipinski definition) is 2. The van der Waals surface area contributed by atoms with Gasteiger partial charge in [0.25, 0.3) is 0 Å². The van der Waals surface area contributed by atoms with Gasteiger partial charge in [0.15, 0.2) is 11.6 Å². The van der Waals surface area contributed by atoms with Gasteiger partial charge in [-0.25, -0.2) is 4.98 Å². The molecular formula is C13H11N5O. The van der Waals surface area contributed by atoms with Crippen LogP contribution in [0.4, 0.5) is 0 Å². The van der Waals surface area contributed by atoms with Gasteiger partial charge in [-0.3, -0.25) is 14.9 Å². The Kier molecular flexibility index (Phi) is 2.68. The standard InChI is InChI=1S/C13H11N5O/c1-8-6-9(2-4-14-8)12-16-13(18-17-12)10-3-5-15-11(19)7-10/h2-7H,1H3,(H,15,19)(H,16,17,18). The number of rotatable bonds is 2. The third-order valence-electron chi connectivity index (χ3n) is 2.69. The Bertz CT molecular complexity index is 774. The number of aromatic nitrogens is 5. The minimum absolute atomic E-state index is 0.171. The summed E-state index contributed by atoms with van der Waals surface area (Å²) in [7, 11) is 0. The maximum Gasteiger partial charge on any atom is 0.248 e. The molecule has 0 amide bonds. The lowest BCUT2D eigenvalue weighted by Gasteiger charge is -1.95. The molecule has 0 spiro atoms. The average molecular weight is 253 g/mol. The molecule has 6 nitrogen and oxygen atoms in total. The molecule has 0 aliphatic heterocycles. The number of H-pyrrole nitrogens is 2. The highest BCUT2D eigenvalue weighted by Crippen LogP contribution is 2.18. The number of nitrogens with zero attached hydrogens (tertiary/aromatic N) is 3. The molecule has 2 N–H and O–H groups in total. The molecule has 0 atom stereocenters. The first-order valence-electron chi connectivity index (χ1n) is 5.77. The summed E-state index contributed by atoms with van der Waals surface area (Å²) in [6.45, 7) is 1.91. The van der Waals surface area contributed by atoms with Crippen LogP contribution in [-0.2, 0) is 0 Å². The highest BCUT2D eigenvalue weighted by Gasteiger charge is 2.08. The van der Waals surface area contributed by atoms with Gasteiger partial charge in [-0.15, -0.1) is 0 Å². The van der Waals surface area contributed by atoms with Crippen molar-refractivity contribution in [2.75, 3.05) is 0 Å². The number of aromatic amines is 2. The maximum atomic E-state index is 11.3. The van der Waals surface area contributed by atoms with E-state index < -0.39 is 0 Å². The topological polar surface area (TPSA) is 87.3 Å². The summed E-state index contributed by atoms with van der Waals surface area (Å²) in [6.07, 6.45) is 3.30. The summed E-state index contributed by atoms with van der Waals surface area (Å²) >= 11 is 0. The number of hydrogen-bond acceptors (Lipinski definition) is 4. The predicted octanol–water partition coefficient (Wildman–Crippen LogP) is 1.53. The quantitative estimate of drug-likeness (QED) is 0.725. The van der Waals surface area contributed by atoms with Crippen LogP contribution < -0.4 is 5.56 Å². The molecule has 0 unspecified atom stereocenters. The molecule has 94 valence electrons. The largest absolute Gasteiger partial charge is 0.329 e. The molecule has 0 aliphatic rings. The second kappa shape index (κ2) is 4.49. The molecule has 3 rings (SSSR count). The Morgan fingerprint density at radius 1 is 1.16 bits per heavy atom. The molecule has 0 bridgehead atoms. The fourth-order valence-electron chi connectivity index (χ4n) is 1.80. The van der Waals surface area contributed by atoms with E-state index in [-0.39, 0.29) is 5.56 Å². The van der Waals surface area contributed by atoms with Gasteiger partial charge < -0.3 is 4.98 Å². The van der Waals surface area contributed by atoms with Gasteiger partial charge in [-0.05, 0) is 25.1 Å². The Labute approximate surface area is 108 Å². The molecule has 0 aliphatic carbocycles. The van der Waals surface area contributed by atoms with Crippen LogP contribution in [0.1, 0.15) is 5.69 Å². The number of nitrogens with one attached hydrogen (secondary N) is 2. The van der Waals surface area contributed by atoms with E-state index in [2.05, 4.69) is 25.1 Å². The zero-order valence-corrected chi connectivity index (χ0v) is 10.2. The van der Waals surface area contributed by atoms with Gasteiger partial charge >= 0.3 is 0 Å². The SMILES string of the molecule is Cc1cc(-c2n[nH]c(-c3cc[nH]c(=O)c3)n2)ccn1. The molecule has 6 heteroatoms. The fraction of sp³-hybridized carbons (Fsp3) is 0.0769. The second-order valence-corrected chi connectivity index (χ2v) is 4.14. The molecule has 3 aromatic rings. The monoisotopic (exact) mass is 253 g/mol. The van der Waals surface area contributed by atoms with Crippen molar-refractivity contribution >= 4 is 0 Å². The van der Waals surface area contributed by atoms with Crippen molar-refractivity contribution in [2.24, 2.45) is 0 Å². The van der Waals surface area contributed by atoms with E-state index in [1.165, 1.54) is 6.07 Å². The second-order valence-electron chi connectivity index (χ2n) is 4.14. The van der Waals surface area contributed by atoms with Crippen molar-refractivity contribution in [3.63, 3.8) is 0 Å². The van der Waals surface area contributed by atoms with Crippen LogP contribution in [0.3, 0.4) is 0 Å². The van der Waals surface area contributed by atoms with E-state index >= 15 is 0 Å². The van der Waals surface area contributed by atoms with Crippen molar-refractivity contribution in [1.29, 1.82) is 0 Å². The van der Waals surface area contributed by atoms with Gasteiger partial charge in [0.05, 0.1) is 0 Å². The smallest absolute Gasteiger partial charge is 0.248 e. The minimum Gasteiger partial charge on any atom is -0.329 e. The van der Waals surface area contributed by atoms with Gasteiger partial charge in [-0.2, -0.15) is 5.10 Å². The van der Waals surface area contributed by atoms with E-state index in [9.17, 15) is 4.79 Å². The molecule has 0 saturated heterocycles. The van der Waals surface area contributed by atoms with Crippen LogP contribution in [0.5, 0.6) is 0 Å². The van der Waals surface area contributed by atoms with E-state index in [0.29, 0.717) is 17.2 Å². The summed E-state index contributed by atoms with van der Waals surface area (Å²) in [5.41, 5.74) is 2.32. The van der Waals surface area contributed by atoms with Crippen molar-refractivity contribution in [3.8, 4) is 22.8 Å². The third kappa shape index (κ3) is 2.28. The van der Waals surface area contributed by atoms with E-state index in [1.807, 2.05) is 19.1 Å². The molecular weight excluding hydrogens is 242 g/mol. The Balaban J connectivity index is 2.02. The zero-order chi connectivity index (χ0) is 13.2. The first kappa shape index (κ1) is 11.3. The third-order valence-corrected chi connectivity index (χ3v) is 2.69. The first-order chi connectivity index (χ1) is 9.22. The average Bonchev–Trinajstić information content (AvgIpc) is 2.88. The van der Waals surface area contributed by atoms with Gasteiger partial charge in [0.1, 0.15) is 0 Å². The molecule has 3 heterocycles. The molecule has 3 aromatic heterocycles. The van der Waals surface area contributed by atoms with E-state index in [1.54, 1.807) is 18.5 Å². The van der Waals surface area contributed by atoms with Crippen molar-refractivity contribution in [2.45, 2.75) is 6.92 Å². The van der Waals surface area contributed by atoms with Gasteiger partial charge in [-0.1, -0.05) is 0 Å². The van der Waals surface area contributed by atoms with Crippen molar-refractivity contribution in [3.05, 3.63) is 52.7 Å². The molecule has 0 fully saturated rings. The first-order valence-corrected chi connectivity index (χ1v) is 5.77.